The van der Waals surface area contributed by atoms with Gasteiger partial charge in [0.25, 0.3) is 5.56 Å². The quantitative estimate of drug-likeness (QED) is 0.414. The Morgan fingerprint density at radius 3 is 2.77 bits per heavy atom. The molecule has 0 N–H and O–H groups in total. The summed E-state index contributed by atoms with van der Waals surface area (Å²) < 4.78 is 13.5. The van der Waals surface area contributed by atoms with Crippen LogP contribution in [-0.2, 0) is 13.1 Å². The van der Waals surface area contributed by atoms with Gasteiger partial charge in [0.05, 0.1) is 13.7 Å². The van der Waals surface area contributed by atoms with Crippen molar-refractivity contribution in [1.82, 2.24) is 34.7 Å². The summed E-state index contributed by atoms with van der Waals surface area (Å²) in [6.45, 7) is 0.499. The van der Waals surface area contributed by atoms with Crippen molar-refractivity contribution in [2.24, 2.45) is 0 Å². The smallest absolute Gasteiger partial charge is 0.283 e. The number of rotatable bonds is 6. The normalized spacial score (nSPS) is 11.1. The lowest BCUT2D eigenvalue weighted by molar-refractivity contribution is 0.369. The number of methoxy groups -OCH3 is 1. The van der Waals surface area contributed by atoms with Crippen LogP contribution in [0.1, 0.15) is 11.5 Å². The summed E-state index contributed by atoms with van der Waals surface area (Å²) in [5, 5.41) is 12.1. The van der Waals surface area contributed by atoms with Gasteiger partial charge in [-0.15, -0.1) is 5.10 Å². The van der Waals surface area contributed by atoms with Crippen molar-refractivity contribution in [3.8, 4) is 17.1 Å². The Kier molecular flexibility index (Phi) is 4.71. The van der Waals surface area contributed by atoms with E-state index in [-0.39, 0.29) is 17.6 Å². The summed E-state index contributed by atoms with van der Waals surface area (Å²) in [6.07, 6.45) is 1.43. The lowest BCUT2D eigenvalue weighted by Crippen LogP contribution is -2.21. The number of ether oxygens (including phenoxy) is 1. The number of aromatic nitrogens is 7. The van der Waals surface area contributed by atoms with Gasteiger partial charge >= 0.3 is 0 Å². The molecule has 5 aromatic rings. The van der Waals surface area contributed by atoms with Crippen molar-refractivity contribution < 1.29 is 9.26 Å². The van der Waals surface area contributed by atoms with Gasteiger partial charge in [0.2, 0.25) is 11.7 Å². The van der Waals surface area contributed by atoms with Gasteiger partial charge in [0, 0.05) is 5.56 Å². The topological polar surface area (TPSA) is 114 Å². The van der Waals surface area contributed by atoms with E-state index in [0.29, 0.717) is 23.9 Å². The maximum Gasteiger partial charge on any atom is 0.283 e. The molecule has 0 saturated carbocycles. The van der Waals surface area contributed by atoms with Crippen LogP contribution in [0.3, 0.4) is 0 Å². The Labute approximate surface area is 175 Å². The van der Waals surface area contributed by atoms with E-state index in [1.165, 1.54) is 10.9 Å². The lowest BCUT2D eigenvalue weighted by Gasteiger charge is -2.05. The zero-order valence-corrected chi connectivity index (χ0v) is 16.5. The average Bonchev–Trinajstić information content (AvgIpc) is 3.44. The van der Waals surface area contributed by atoms with Gasteiger partial charge in [-0.25, -0.2) is 9.67 Å². The molecule has 0 radical (unpaired) electrons. The number of hydrogen-bond donors (Lipinski definition) is 0. The van der Waals surface area contributed by atoms with Crippen molar-refractivity contribution in [2.45, 2.75) is 13.1 Å². The molecule has 154 valence electrons. The maximum atomic E-state index is 12.9. The Hall–Kier alpha value is -4.34. The summed E-state index contributed by atoms with van der Waals surface area (Å²) in [4.78, 5) is 21.6. The van der Waals surface area contributed by atoms with E-state index in [4.69, 9.17) is 9.26 Å². The van der Waals surface area contributed by atoms with Crippen molar-refractivity contribution in [3.63, 3.8) is 0 Å². The van der Waals surface area contributed by atoms with Crippen LogP contribution in [0.4, 0.5) is 0 Å². The van der Waals surface area contributed by atoms with Gasteiger partial charge in [-0.05, 0) is 17.7 Å². The van der Waals surface area contributed by atoms with Gasteiger partial charge in [-0.2, -0.15) is 4.98 Å². The fourth-order valence-electron chi connectivity index (χ4n) is 3.22. The third kappa shape index (κ3) is 3.66. The zero-order chi connectivity index (χ0) is 21.2. The largest absolute Gasteiger partial charge is 0.497 e. The van der Waals surface area contributed by atoms with Gasteiger partial charge in [-0.3, -0.25) is 9.36 Å². The Balaban J connectivity index is 1.41. The van der Waals surface area contributed by atoms with E-state index in [9.17, 15) is 4.79 Å². The van der Waals surface area contributed by atoms with Gasteiger partial charge < -0.3 is 9.26 Å². The second-order valence-corrected chi connectivity index (χ2v) is 6.83. The molecule has 10 heteroatoms. The molecule has 0 atom stereocenters. The highest BCUT2D eigenvalue weighted by Crippen LogP contribution is 2.16. The van der Waals surface area contributed by atoms with E-state index in [0.717, 1.165) is 16.9 Å². The molecule has 0 amide bonds. The van der Waals surface area contributed by atoms with Crippen LogP contribution in [0.15, 0.2) is 70.2 Å². The molecule has 10 nitrogen and oxygen atoms in total. The number of benzene rings is 2. The second-order valence-electron chi connectivity index (χ2n) is 6.83. The molecule has 0 aliphatic heterocycles. The predicted octanol–water partition coefficient (Wildman–Crippen LogP) is 2.14. The monoisotopic (exact) mass is 415 g/mol. The first-order valence-electron chi connectivity index (χ1n) is 9.51. The van der Waals surface area contributed by atoms with E-state index in [1.54, 1.807) is 11.8 Å². The minimum atomic E-state index is -0.332. The molecule has 0 fully saturated rings. The summed E-state index contributed by atoms with van der Waals surface area (Å²) in [6, 6.07) is 17.1. The van der Waals surface area contributed by atoms with Gasteiger partial charge in [0.15, 0.2) is 11.2 Å². The van der Waals surface area contributed by atoms with E-state index in [1.807, 2.05) is 54.6 Å². The molecule has 3 aromatic heterocycles. The van der Waals surface area contributed by atoms with Crippen LogP contribution in [0.2, 0.25) is 0 Å². The number of fused-ring (bicyclic) bond motifs is 1. The second kappa shape index (κ2) is 7.82. The van der Waals surface area contributed by atoms with Gasteiger partial charge in [0.1, 0.15) is 18.6 Å². The molecule has 0 spiro atoms. The molecule has 0 bridgehead atoms. The summed E-state index contributed by atoms with van der Waals surface area (Å²) in [7, 11) is 1.61. The van der Waals surface area contributed by atoms with E-state index in [2.05, 4.69) is 25.4 Å². The summed E-state index contributed by atoms with van der Waals surface area (Å²) in [5.74, 6) is 1.50. The highest BCUT2D eigenvalue weighted by molar-refractivity contribution is 5.67. The van der Waals surface area contributed by atoms with Crippen LogP contribution in [0.5, 0.6) is 5.75 Å². The molecule has 31 heavy (non-hydrogen) atoms. The first-order valence-corrected chi connectivity index (χ1v) is 9.51. The number of hydrogen-bond acceptors (Lipinski definition) is 8. The fourth-order valence-corrected chi connectivity index (χ4v) is 3.22. The van der Waals surface area contributed by atoms with Crippen LogP contribution >= 0.6 is 0 Å². The van der Waals surface area contributed by atoms with Crippen molar-refractivity contribution in [1.29, 1.82) is 0 Å². The van der Waals surface area contributed by atoms with Crippen LogP contribution in [0, 0.1) is 0 Å². The fraction of sp³-hybridized carbons (Fsp3) is 0.143. The third-order valence-electron chi connectivity index (χ3n) is 4.76. The molecule has 0 saturated heterocycles. The van der Waals surface area contributed by atoms with Crippen molar-refractivity contribution in [3.05, 3.63) is 82.7 Å². The Morgan fingerprint density at radius 2 is 1.94 bits per heavy atom. The Bertz CT molecular complexity index is 1410. The zero-order valence-electron chi connectivity index (χ0n) is 16.5. The maximum absolute atomic E-state index is 12.9. The van der Waals surface area contributed by atoms with E-state index >= 15 is 0 Å². The first-order chi connectivity index (χ1) is 15.2. The summed E-state index contributed by atoms with van der Waals surface area (Å²) in [5.41, 5.74) is 2.03. The van der Waals surface area contributed by atoms with Crippen LogP contribution < -0.4 is 10.3 Å². The minimum absolute atomic E-state index is 0.0876. The molecule has 0 aliphatic carbocycles. The highest BCUT2D eigenvalue weighted by atomic mass is 16.5. The molecular weight excluding hydrogens is 398 g/mol. The molecule has 3 heterocycles. The molecule has 2 aromatic carbocycles. The number of nitrogens with zero attached hydrogens (tertiary/aromatic N) is 7. The molecule has 0 unspecified atom stereocenters. The van der Waals surface area contributed by atoms with Crippen molar-refractivity contribution in [2.75, 3.05) is 7.11 Å². The predicted molar refractivity (Wildman–Crippen MR) is 111 cm³/mol. The molecule has 5 rings (SSSR count). The standard InChI is InChI=1S/C21H17N7O3/c1-30-16-9-5-6-14(10-16)11-28-20-18(24-26-28)21(29)27(13-22-20)12-17-23-19(25-31-17)15-7-3-2-4-8-15/h2-10,13H,11-12H2,1H3. The third-order valence-corrected chi connectivity index (χ3v) is 4.76. The van der Waals surface area contributed by atoms with Crippen molar-refractivity contribution >= 4 is 11.2 Å². The molecular formula is C21H17N7O3. The average molecular weight is 415 g/mol. The van der Waals surface area contributed by atoms with Crippen LogP contribution in [0.25, 0.3) is 22.6 Å². The van der Waals surface area contributed by atoms with Crippen LogP contribution in [-0.4, -0.2) is 41.8 Å². The van der Waals surface area contributed by atoms with Gasteiger partial charge in [-0.1, -0.05) is 52.8 Å². The highest BCUT2D eigenvalue weighted by Gasteiger charge is 2.15. The lowest BCUT2D eigenvalue weighted by atomic mass is 10.2. The first kappa shape index (κ1) is 18.7. The minimum Gasteiger partial charge on any atom is -0.497 e. The molecule has 0 aliphatic rings. The summed E-state index contributed by atoms with van der Waals surface area (Å²) >= 11 is 0. The SMILES string of the molecule is COc1cccc(Cn2nnc3c(=O)n(Cc4nc(-c5ccccc5)no4)cnc32)c1. The Morgan fingerprint density at radius 1 is 1.06 bits per heavy atom. The van der Waals surface area contributed by atoms with E-state index < -0.39 is 0 Å².